The lowest BCUT2D eigenvalue weighted by Gasteiger charge is -2.46. The minimum atomic E-state index is -4.43. The number of alkyl halides is 3. The number of nitrogens with zero attached hydrogens (tertiary/aromatic N) is 3. The quantitative estimate of drug-likeness (QED) is 0.429. The van der Waals surface area contributed by atoms with E-state index >= 15 is 4.39 Å². The number of halogens is 4. The fraction of sp³-hybridized carbons (Fsp3) is 0.520. The molecule has 1 saturated heterocycles. The molecule has 4 nitrogen and oxygen atoms in total. The van der Waals surface area contributed by atoms with E-state index in [2.05, 4.69) is 21.9 Å². The second-order valence-corrected chi connectivity index (χ2v) is 9.68. The molecule has 1 aliphatic heterocycles. The lowest BCUT2D eigenvalue weighted by molar-refractivity contribution is -0.137. The van der Waals surface area contributed by atoms with Crippen molar-refractivity contribution in [1.82, 2.24) is 15.0 Å². The summed E-state index contributed by atoms with van der Waals surface area (Å²) in [6.07, 6.45) is 5.66. The first-order chi connectivity index (χ1) is 15.8. The van der Waals surface area contributed by atoms with Crippen molar-refractivity contribution in [1.29, 1.82) is 0 Å². The molecule has 1 aliphatic carbocycles. The lowest BCUT2D eigenvalue weighted by Crippen LogP contribution is -2.42. The van der Waals surface area contributed by atoms with E-state index in [-0.39, 0.29) is 5.52 Å². The molecule has 5 rings (SSSR count). The molecule has 0 radical (unpaired) electrons. The summed E-state index contributed by atoms with van der Waals surface area (Å²) in [6.45, 7) is 3.87. The highest BCUT2D eigenvalue weighted by atomic mass is 19.4. The maximum Gasteiger partial charge on any atom is 0.416 e. The van der Waals surface area contributed by atoms with E-state index in [0.29, 0.717) is 28.1 Å². The molecule has 0 atom stereocenters. The van der Waals surface area contributed by atoms with Crippen LogP contribution in [0.2, 0.25) is 0 Å². The highest BCUT2D eigenvalue weighted by molar-refractivity contribution is 5.80. The first kappa shape index (κ1) is 22.2. The smallest absolute Gasteiger partial charge is 0.354 e. The molecule has 0 amide bonds. The number of rotatable bonds is 3. The van der Waals surface area contributed by atoms with Gasteiger partial charge in [0.15, 0.2) is 11.6 Å². The first-order valence-electron chi connectivity index (χ1n) is 11.7. The minimum absolute atomic E-state index is 0.253. The van der Waals surface area contributed by atoms with Crippen LogP contribution in [0.4, 0.5) is 23.4 Å². The third-order valence-electron chi connectivity index (χ3n) is 7.77. The van der Waals surface area contributed by atoms with Crippen LogP contribution in [0, 0.1) is 17.2 Å². The van der Waals surface area contributed by atoms with Crippen LogP contribution in [0.3, 0.4) is 0 Å². The van der Waals surface area contributed by atoms with E-state index in [1.807, 2.05) is 4.90 Å². The number of nitrogens with one attached hydrogen (secondary N) is 1. The zero-order chi connectivity index (χ0) is 23.2. The standard InChI is InChI=1S/C25H28F4N4/c1-2-16-5-7-24(8-6-16)9-11-33(12-10-24)23-19(26)13-17(15-30-23)22-31-20-4-3-18(25(27,28)29)14-21(20)32-22/h3-4,13-16H,2,5-12H2,1H3,(H,31,32). The molecule has 3 aromatic rings. The molecule has 2 aliphatic rings. The highest BCUT2D eigenvalue weighted by Gasteiger charge is 2.38. The summed E-state index contributed by atoms with van der Waals surface area (Å²) in [5, 5.41) is 0. The molecule has 8 heteroatoms. The third-order valence-corrected chi connectivity index (χ3v) is 7.77. The van der Waals surface area contributed by atoms with Crippen molar-refractivity contribution >= 4 is 16.9 Å². The average molecular weight is 461 g/mol. The van der Waals surface area contributed by atoms with Crippen molar-refractivity contribution in [2.75, 3.05) is 18.0 Å². The summed E-state index contributed by atoms with van der Waals surface area (Å²) in [4.78, 5) is 13.6. The Morgan fingerprint density at radius 2 is 1.82 bits per heavy atom. The molecule has 1 N–H and O–H groups in total. The van der Waals surface area contributed by atoms with Crippen molar-refractivity contribution in [2.45, 2.75) is 58.0 Å². The van der Waals surface area contributed by atoms with Crippen LogP contribution in [0.5, 0.6) is 0 Å². The van der Waals surface area contributed by atoms with Gasteiger partial charge in [-0.1, -0.05) is 13.3 Å². The van der Waals surface area contributed by atoms with Crippen molar-refractivity contribution in [3.63, 3.8) is 0 Å². The van der Waals surface area contributed by atoms with Gasteiger partial charge in [0, 0.05) is 24.8 Å². The van der Waals surface area contributed by atoms with Gasteiger partial charge in [0.1, 0.15) is 5.82 Å². The van der Waals surface area contributed by atoms with Gasteiger partial charge in [0.2, 0.25) is 0 Å². The topological polar surface area (TPSA) is 44.8 Å². The van der Waals surface area contributed by atoms with E-state index in [0.717, 1.165) is 44.0 Å². The normalized spacial score (nSPS) is 19.5. The van der Waals surface area contributed by atoms with Crippen LogP contribution in [0.25, 0.3) is 22.4 Å². The number of pyridine rings is 1. The van der Waals surface area contributed by atoms with Crippen LogP contribution < -0.4 is 4.90 Å². The predicted octanol–water partition coefficient (Wildman–Crippen LogP) is 6.97. The summed E-state index contributed by atoms with van der Waals surface area (Å²) in [6, 6.07) is 4.68. The fourth-order valence-corrected chi connectivity index (χ4v) is 5.51. The van der Waals surface area contributed by atoms with Crippen LogP contribution >= 0.6 is 0 Å². The number of piperidine rings is 1. The maximum absolute atomic E-state index is 15.0. The highest BCUT2D eigenvalue weighted by Crippen LogP contribution is 2.47. The molecular formula is C25H28F4N4. The Bertz CT molecular complexity index is 1140. The Morgan fingerprint density at radius 3 is 2.45 bits per heavy atom. The predicted molar refractivity (Wildman–Crippen MR) is 120 cm³/mol. The van der Waals surface area contributed by atoms with Crippen molar-refractivity contribution in [2.24, 2.45) is 11.3 Å². The van der Waals surface area contributed by atoms with E-state index in [1.165, 1.54) is 50.4 Å². The first-order valence-corrected chi connectivity index (χ1v) is 11.7. The van der Waals surface area contributed by atoms with Gasteiger partial charge in [-0.25, -0.2) is 14.4 Å². The van der Waals surface area contributed by atoms with Crippen molar-refractivity contribution in [3.8, 4) is 11.4 Å². The van der Waals surface area contributed by atoms with Gasteiger partial charge < -0.3 is 9.88 Å². The van der Waals surface area contributed by atoms with E-state index in [4.69, 9.17) is 0 Å². The molecule has 0 unspecified atom stereocenters. The minimum Gasteiger partial charge on any atom is -0.354 e. The van der Waals surface area contributed by atoms with Gasteiger partial charge in [-0.15, -0.1) is 0 Å². The van der Waals surface area contributed by atoms with Crippen LogP contribution in [-0.4, -0.2) is 28.0 Å². The fourth-order valence-electron chi connectivity index (χ4n) is 5.51. The average Bonchev–Trinajstić information content (AvgIpc) is 3.23. The molecule has 1 saturated carbocycles. The molecule has 3 heterocycles. The van der Waals surface area contributed by atoms with Gasteiger partial charge in [0.25, 0.3) is 0 Å². The number of imidazole rings is 1. The van der Waals surface area contributed by atoms with Gasteiger partial charge in [-0.3, -0.25) is 0 Å². The number of aromatic amines is 1. The summed E-state index contributed by atoms with van der Waals surface area (Å²) in [7, 11) is 0. The summed E-state index contributed by atoms with van der Waals surface area (Å²) >= 11 is 0. The third kappa shape index (κ3) is 4.32. The molecule has 1 aromatic carbocycles. The summed E-state index contributed by atoms with van der Waals surface area (Å²) < 4.78 is 53.9. The van der Waals surface area contributed by atoms with E-state index in [1.54, 1.807) is 0 Å². The lowest BCUT2D eigenvalue weighted by atomic mass is 9.65. The Labute approximate surface area is 190 Å². The Morgan fingerprint density at radius 1 is 1.09 bits per heavy atom. The molecule has 2 fully saturated rings. The zero-order valence-electron chi connectivity index (χ0n) is 18.7. The van der Waals surface area contributed by atoms with E-state index in [9.17, 15) is 13.2 Å². The second-order valence-electron chi connectivity index (χ2n) is 9.68. The zero-order valence-corrected chi connectivity index (χ0v) is 18.7. The number of fused-ring (bicyclic) bond motifs is 1. The maximum atomic E-state index is 15.0. The number of hydrogen-bond acceptors (Lipinski definition) is 3. The number of hydrogen-bond donors (Lipinski definition) is 1. The molecule has 2 aromatic heterocycles. The van der Waals surface area contributed by atoms with Crippen LogP contribution in [0.15, 0.2) is 30.5 Å². The SMILES string of the molecule is CCC1CCC2(CC1)CCN(c1ncc(-c3nc4ccc(C(F)(F)F)cc4[nH]3)cc1F)CC2. The van der Waals surface area contributed by atoms with Gasteiger partial charge in [-0.2, -0.15) is 13.2 Å². The Hall–Kier alpha value is -2.64. The molecule has 1 spiro atoms. The Balaban J connectivity index is 1.31. The molecular weight excluding hydrogens is 432 g/mol. The van der Waals surface area contributed by atoms with Crippen LogP contribution in [-0.2, 0) is 6.18 Å². The number of benzene rings is 1. The Kier molecular flexibility index (Phi) is 5.57. The summed E-state index contributed by atoms with van der Waals surface area (Å²) in [5.41, 5.74) is 0.704. The second kappa shape index (κ2) is 8.29. The largest absolute Gasteiger partial charge is 0.416 e. The molecule has 0 bridgehead atoms. The van der Waals surface area contributed by atoms with Gasteiger partial charge >= 0.3 is 6.18 Å². The monoisotopic (exact) mass is 460 g/mol. The van der Waals surface area contributed by atoms with Crippen molar-refractivity contribution < 1.29 is 17.6 Å². The molecule has 176 valence electrons. The number of aromatic nitrogens is 3. The van der Waals surface area contributed by atoms with Gasteiger partial charge in [0.05, 0.1) is 16.6 Å². The number of anilines is 1. The van der Waals surface area contributed by atoms with E-state index < -0.39 is 17.6 Å². The number of H-pyrrole nitrogens is 1. The van der Waals surface area contributed by atoms with Gasteiger partial charge in [-0.05, 0) is 74.1 Å². The van der Waals surface area contributed by atoms with Crippen LogP contribution in [0.1, 0.15) is 57.4 Å². The van der Waals surface area contributed by atoms with Crippen molar-refractivity contribution in [3.05, 3.63) is 41.8 Å². The molecule has 33 heavy (non-hydrogen) atoms. The summed E-state index contributed by atoms with van der Waals surface area (Å²) in [5.74, 6) is 1.06.